The van der Waals surface area contributed by atoms with Crippen LogP contribution in [0.3, 0.4) is 0 Å². The van der Waals surface area contributed by atoms with Gasteiger partial charge in [-0.3, -0.25) is 0 Å². The number of hydrogen-bond donors (Lipinski definition) is 1. The van der Waals surface area contributed by atoms with Gasteiger partial charge in [0, 0.05) is 5.56 Å². The fourth-order valence-electron chi connectivity index (χ4n) is 1.88. The number of aryl methyl sites for hydroxylation is 2. The minimum atomic E-state index is 0.398. The normalized spacial score (nSPS) is 11.1. The quantitative estimate of drug-likeness (QED) is 0.859. The molecule has 1 aromatic carbocycles. The van der Waals surface area contributed by atoms with E-state index in [1.807, 2.05) is 10.9 Å². The molecule has 90 valence electrons. The molecule has 0 aliphatic carbocycles. The topological polar surface area (TPSA) is 43.8 Å². The summed E-state index contributed by atoms with van der Waals surface area (Å²) in [6.07, 6.45) is 1.86. The molecule has 0 radical (unpaired) electrons. The van der Waals surface area contributed by atoms with Crippen LogP contribution in [-0.2, 0) is 0 Å². The van der Waals surface area contributed by atoms with Crippen LogP contribution in [0.4, 0.5) is 5.82 Å². The van der Waals surface area contributed by atoms with Gasteiger partial charge in [-0.2, -0.15) is 5.10 Å². The van der Waals surface area contributed by atoms with E-state index in [0.29, 0.717) is 5.92 Å². The minimum absolute atomic E-state index is 0.398. The summed E-state index contributed by atoms with van der Waals surface area (Å²) in [4.78, 5) is 0. The summed E-state index contributed by atoms with van der Waals surface area (Å²) in [5, 5.41) is 4.37. The van der Waals surface area contributed by atoms with Gasteiger partial charge in [0.05, 0.1) is 11.9 Å². The molecular weight excluding hydrogens is 210 g/mol. The molecule has 2 aromatic rings. The maximum atomic E-state index is 6.12. The molecule has 3 nitrogen and oxygen atoms in total. The zero-order valence-electron chi connectivity index (χ0n) is 10.9. The molecule has 1 aromatic heterocycles. The van der Waals surface area contributed by atoms with Crippen LogP contribution in [0.5, 0.6) is 0 Å². The molecule has 0 saturated carbocycles. The van der Waals surface area contributed by atoms with Crippen LogP contribution in [0.15, 0.2) is 24.4 Å². The zero-order chi connectivity index (χ0) is 12.6. The molecule has 0 fully saturated rings. The van der Waals surface area contributed by atoms with Gasteiger partial charge in [0.1, 0.15) is 5.82 Å². The average molecular weight is 229 g/mol. The summed E-state index contributed by atoms with van der Waals surface area (Å²) in [5.41, 5.74) is 10.8. The van der Waals surface area contributed by atoms with Gasteiger partial charge in [-0.25, -0.2) is 4.68 Å². The Kier molecular flexibility index (Phi) is 2.92. The van der Waals surface area contributed by atoms with Crippen molar-refractivity contribution in [3.05, 3.63) is 41.1 Å². The van der Waals surface area contributed by atoms with E-state index >= 15 is 0 Å². The van der Waals surface area contributed by atoms with Crippen LogP contribution in [0.2, 0.25) is 0 Å². The van der Waals surface area contributed by atoms with Crippen molar-refractivity contribution in [3.8, 4) is 5.69 Å². The lowest BCUT2D eigenvalue weighted by Gasteiger charge is -2.08. The summed E-state index contributed by atoms with van der Waals surface area (Å²) in [5.74, 6) is 1.14. The highest BCUT2D eigenvalue weighted by molar-refractivity contribution is 5.49. The second-order valence-corrected chi connectivity index (χ2v) is 4.82. The van der Waals surface area contributed by atoms with E-state index in [4.69, 9.17) is 5.73 Å². The lowest BCUT2D eigenvalue weighted by atomic mass is 10.1. The van der Waals surface area contributed by atoms with Gasteiger partial charge in [0.2, 0.25) is 0 Å². The van der Waals surface area contributed by atoms with Crippen molar-refractivity contribution in [1.82, 2.24) is 9.78 Å². The first-order chi connectivity index (χ1) is 8.00. The average Bonchev–Trinajstić information content (AvgIpc) is 2.64. The van der Waals surface area contributed by atoms with Crippen molar-refractivity contribution in [1.29, 1.82) is 0 Å². The Morgan fingerprint density at radius 3 is 2.41 bits per heavy atom. The van der Waals surface area contributed by atoms with Crippen molar-refractivity contribution in [2.24, 2.45) is 0 Å². The predicted molar refractivity (Wildman–Crippen MR) is 71.5 cm³/mol. The lowest BCUT2D eigenvalue weighted by molar-refractivity contribution is 0.867. The third-order valence-electron chi connectivity index (χ3n) is 3.19. The molecule has 2 N–H and O–H groups in total. The van der Waals surface area contributed by atoms with Crippen LogP contribution in [0.1, 0.15) is 36.5 Å². The first-order valence-corrected chi connectivity index (χ1v) is 5.91. The van der Waals surface area contributed by atoms with Crippen molar-refractivity contribution in [2.45, 2.75) is 33.6 Å². The van der Waals surface area contributed by atoms with Gasteiger partial charge in [-0.1, -0.05) is 19.9 Å². The van der Waals surface area contributed by atoms with Gasteiger partial charge in [-0.05, 0) is 43.0 Å². The van der Waals surface area contributed by atoms with E-state index in [1.54, 1.807) is 0 Å². The Hall–Kier alpha value is -1.77. The number of anilines is 1. The highest BCUT2D eigenvalue weighted by Crippen LogP contribution is 2.24. The van der Waals surface area contributed by atoms with E-state index in [-0.39, 0.29) is 0 Å². The Morgan fingerprint density at radius 2 is 1.88 bits per heavy atom. The molecule has 0 aliphatic heterocycles. The number of rotatable bonds is 2. The van der Waals surface area contributed by atoms with Crippen LogP contribution in [0, 0.1) is 13.8 Å². The summed E-state index contributed by atoms with van der Waals surface area (Å²) in [6, 6.07) is 6.26. The van der Waals surface area contributed by atoms with Gasteiger partial charge in [0.15, 0.2) is 0 Å². The van der Waals surface area contributed by atoms with E-state index in [1.165, 1.54) is 11.1 Å². The van der Waals surface area contributed by atoms with Gasteiger partial charge >= 0.3 is 0 Å². The van der Waals surface area contributed by atoms with Gasteiger partial charge < -0.3 is 5.73 Å². The predicted octanol–water partition coefficient (Wildman–Crippen LogP) is 3.19. The highest BCUT2D eigenvalue weighted by Gasteiger charge is 2.11. The van der Waals surface area contributed by atoms with E-state index in [9.17, 15) is 0 Å². The van der Waals surface area contributed by atoms with Gasteiger partial charge in [0.25, 0.3) is 0 Å². The number of nitrogens with two attached hydrogens (primary N) is 1. The Morgan fingerprint density at radius 1 is 1.18 bits per heavy atom. The summed E-state index contributed by atoms with van der Waals surface area (Å²) >= 11 is 0. The summed E-state index contributed by atoms with van der Waals surface area (Å²) in [6.45, 7) is 8.45. The fraction of sp³-hybridized carbons (Fsp3) is 0.357. The maximum absolute atomic E-state index is 6.12. The monoisotopic (exact) mass is 229 g/mol. The Balaban J connectivity index is 2.50. The number of benzene rings is 1. The van der Waals surface area contributed by atoms with Crippen LogP contribution < -0.4 is 5.73 Å². The molecule has 0 aliphatic rings. The fourth-order valence-corrected chi connectivity index (χ4v) is 1.88. The highest BCUT2D eigenvalue weighted by atomic mass is 15.3. The van der Waals surface area contributed by atoms with Crippen LogP contribution >= 0.6 is 0 Å². The number of nitrogen functional groups attached to an aromatic ring is 1. The second-order valence-electron chi connectivity index (χ2n) is 4.82. The van der Waals surface area contributed by atoms with Crippen LogP contribution in [0.25, 0.3) is 5.69 Å². The number of nitrogens with zero attached hydrogens (tertiary/aromatic N) is 2. The molecule has 2 rings (SSSR count). The Labute approximate surface area is 102 Å². The third kappa shape index (κ3) is 2.05. The molecule has 17 heavy (non-hydrogen) atoms. The van der Waals surface area contributed by atoms with E-state index in [0.717, 1.165) is 17.1 Å². The van der Waals surface area contributed by atoms with Crippen molar-refractivity contribution in [3.63, 3.8) is 0 Å². The SMILES string of the molecule is Cc1ccc(-n2ncc(C(C)C)c2N)cc1C. The lowest BCUT2D eigenvalue weighted by Crippen LogP contribution is -2.04. The minimum Gasteiger partial charge on any atom is -0.383 e. The third-order valence-corrected chi connectivity index (χ3v) is 3.19. The number of hydrogen-bond acceptors (Lipinski definition) is 2. The largest absolute Gasteiger partial charge is 0.383 e. The summed E-state index contributed by atoms with van der Waals surface area (Å²) in [7, 11) is 0. The molecule has 0 atom stereocenters. The molecule has 1 heterocycles. The summed E-state index contributed by atoms with van der Waals surface area (Å²) < 4.78 is 1.81. The second kappa shape index (κ2) is 4.24. The maximum Gasteiger partial charge on any atom is 0.130 e. The van der Waals surface area contributed by atoms with Crippen LogP contribution in [-0.4, -0.2) is 9.78 Å². The van der Waals surface area contributed by atoms with Gasteiger partial charge in [-0.15, -0.1) is 0 Å². The Bertz CT molecular complexity index is 538. The molecule has 0 saturated heterocycles. The van der Waals surface area contributed by atoms with E-state index < -0.39 is 0 Å². The molecule has 3 heteroatoms. The molecule has 0 bridgehead atoms. The zero-order valence-corrected chi connectivity index (χ0v) is 10.9. The molecule has 0 spiro atoms. The number of aromatic nitrogens is 2. The van der Waals surface area contributed by atoms with E-state index in [2.05, 4.69) is 51.0 Å². The molecular formula is C14H19N3. The smallest absolute Gasteiger partial charge is 0.130 e. The van der Waals surface area contributed by atoms with Crippen molar-refractivity contribution >= 4 is 5.82 Å². The molecule has 0 unspecified atom stereocenters. The first-order valence-electron chi connectivity index (χ1n) is 5.91. The standard InChI is InChI=1S/C14H19N3/c1-9(2)13-8-16-17(14(13)15)12-6-5-10(3)11(4)7-12/h5-9H,15H2,1-4H3. The first kappa shape index (κ1) is 11.7. The molecule has 0 amide bonds. The van der Waals surface area contributed by atoms with Crippen molar-refractivity contribution < 1.29 is 0 Å². The van der Waals surface area contributed by atoms with Crippen molar-refractivity contribution in [2.75, 3.05) is 5.73 Å².